The summed E-state index contributed by atoms with van der Waals surface area (Å²) in [4.78, 5) is 13.6. The highest BCUT2D eigenvalue weighted by molar-refractivity contribution is 6.33. The number of hydrogen-bond acceptors (Lipinski definition) is 2. The van der Waals surface area contributed by atoms with Crippen LogP contribution in [-0.4, -0.2) is 24.3 Å². The van der Waals surface area contributed by atoms with Crippen LogP contribution in [0.2, 0.25) is 5.02 Å². The van der Waals surface area contributed by atoms with Crippen molar-refractivity contribution in [2.24, 2.45) is 0 Å². The summed E-state index contributed by atoms with van der Waals surface area (Å²) in [7, 11) is 0. The summed E-state index contributed by atoms with van der Waals surface area (Å²) in [6.45, 7) is 3.10. The van der Waals surface area contributed by atoms with Crippen LogP contribution in [0.1, 0.15) is 35.2 Å². The van der Waals surface area contributed by atoms with E-state index in [4.69, 9.17) is 11.6 Å². The van der Waals surface area contributed by atoms with Crippen LogP contribution in [0.4, 0.5) is 0 Å². The number of likely N-dealkylation sites (tertiary alicyclic amines) is 1. The van der Waals surface area contributed by atoms with E-state index in [1.165, 1.54) is 19.3 Å². The first kappa shape index (κ1) is 15.3. The molecule has 114 valence electrons. The maximum Gasteiger partial charge on any atom is 0.150 e. The molecule has 0 aliphatic carbocycles. The van der Waals surface area contributed by atoms with Gasteiger partial charge in [-0.3, -0.25) is 9.69 Å². The molecule has 1 aliphatic rings. The van der Waals surface area contributed by atoms with E-state index in [0.717, 1.165) is 42.6 Å². The fourth-order valence-corrected chi connectivity index (χ4v) is 3.52. The minimum atomic E-state index is 0.650. The number of nitrogens with zero attached hydrogens (tertiary/aromatic N) is 1. The average molecular weight is 314 g/mol. The molecule has 0 atom stereocenters. The Morgan fingerprint density at radius 1 is 1.05 bits per heavy atom. The molecule has 22 heavy (non-hydrogen) atoms. The van der Waals surface area contributed by atoms with Gasteiger partial charge < -0.3 is 0 Å². The van der Waals surface area contributed by atoms with Gasteiger partial charge in [0.1, 0.15) is 6.29 Å². The van der Waals surface area contributed by atoms with Gasteiger partial charge in [-0.25, -0.2) is 0 Å². The number of rotatable bonds is 4. The molecular weight excluding hydrogens is 294 g/mol. The zero-order valence-electron chi connectivity index (χ0n) is 12.6. The lowest BCUT2D eigenvalue weighted by Gasteiger charge is -2.27. The second-order valence-electron chi connectivity index (χ2n) is 5.86. The zero-order chi connectivity index (χ0) is 15.4. The Kier molecular flexibility index (Phi) is 4.91. The van der Waals surface area contributed by atoms with E-state index in [0.29, 0.717) is 10.6 Å². The smallest absolute Gasteiger partial charge is 0.150 e. The maximum absolute atomic E-state index is 11.2. The van der Waals surface area contributed by atoms with E-state index >= 15 is 0 Å². The number of aldehydes is 1. The van der Waals surface area contributed by atoms with Crippen molar-refractivity contribution in [3.63, 3.8) is 0 Å². The minimum absolute atomic E-state index is 0.650. The lowest BCUT2D eigenvalue weighted by molar-refractivity contribution is 0.112. The Hall–Kier alpha value is -1.64. The lowest BCUT2D eigenvalue weighted by Crippen LogP contribution is -2.29. The predicted octanol–water partition coefficient (Wildman–Crippen LogP) is 4.81. The minimum Gasteiger partial charge on any atom is -0.299 e. The Morgan fingerprint density at radius 3 is 2.45 bits per heavy atom. The molecule has 0 bridgehead atoms. The van der Waals surface area contributed by atoms with Crippen molar-refractivity contribution in [1.29, 1.82) is 0 Å². The second kappa shape index (κ2) is 7.08. The van der Waals surface area contributed by atoms with Gasteiger partial charge in [0.2, 0.25) is 0 Å². The monoisotopic (exact) mass is 313 g/mol. The molecule has 0 amide bonds. The zero-order valence-corrected chi connectivity index (χ0v) is 13.4. The molecule has 1 heterocycles. The van der Waals surface area contributed by atoms with Gasteiger partial charge in [-0.2, -0.15) is 0 Å². The van der Waals surface area contributed by atoms with Gasteiger partial charge in [-0.05, 0) is 49.2 Å². The topological polar surface area (TPSA) is 20.3 Å². The van der Waals surface area contributed by atoms with E-state index in [9.17, 15) is 4.79 Å². The Labute approximate surface area is 136 Å². The Balaban J connectivity index is 2.01. The summed E-state index contributed by atoms with van der Waals surface area (Å²) in [5.74, 6) is 0. The SMILES string of the molecule is O=Cc1cc(Cl)c(-c2ccccc2)c(CN2CCCCC2)c1. The third kappa shape index (κ3) is 3.40. The van der Waals surface area contributed by atoms with E-state index in [2.05, 4.69) is 17.0 Å². The van der Waals surface area contributed by atoms with Crippen LogP contribution >= 0.6 is 11.6 Å². The highest BCUT2D eigenvalue weighted by atomic mass is 35.5. The fourth-order valence-electron chi connectivity index (χ4n) is 3.17. The molecule has 1 fully saturated rings. The number of piperidine rings is 1. The molecule has 2 nitrogen and oxygen atoms in total. The predicted molar refractivity (Wildman–Crippen MR) is 91.4 cm³/mol. The van der Waals surface area contributed by atoms with Crippen LogP contribution in [-0.2, 0) is 6.54 Å². The first-order valence-corrected chi connectivity index (χ1v) is 8.21. The van der Waals surface area contributed by atoms with Crippen LogP contribution < -0.4 is 0 Å². The van der Waals surface area contributed by atoms with Crippen molar-refractivity contribution in [2.75, 3.05) is 13.1 Å². The van der Waals surface area contributed by atoms with Gasteiger partial charge in [0.15, 0.2) is 0 Å². The van der Waals surface area contributed by atoms with Crippen LogP contribution in [0.15, 0.2) is 42.5 Å². The highest BCUT2D eigenvalue weighted by Crippen LogP contribution is 2.33. The van der Waals surface area contributed by atoms with E-state index < -0.39 is 0 Å². The summed E-state index contributed by atoms with van der Waals surface area (Å²) in [5.41, 5.74) is 3.95. The second-order valence-corrected chi connectivity index (χ2v) is 6.26. The molecule has 3 heteroatoms. The number of hydrogen-bond donors (Lipinski definition) is 0. The molecule has 0 unspecified atom stereocenters. The first-order valence-electron chi connectivity index (χ1n) is 7.83. The number of benzene rings is 2. The summed E-state index contributed by atoms with van der Waals surface area (Å²) < 4.78 is 0. The molecular formula is C19H20ClNO. The molecule has 0 N–H and O–H groups in total. The summed E-state index contributed by atoms with van der Waals surface area (Å²) in [6, 6.07) is 13.9. The molecule has 1 saturated heterocycles. The first-order chi connectivity index (χ1) is 10.8. The molecule has 0 spiro atoms. The van der Waals surface area contributed by atoms with E-state index in [1.54, 1.807) is 6.07 Å². The molecule has 0 aromatic heterocycles. The van der Waals surface area contributed by atoms with Crippen LogP contribution in [0, 0.1) is 0 Å². The van der Waals surface area contributed by atoms with E-state index in [-0.39, 0.29) is 0 Å². The Bertz CT molecular complexity index is 648. The molecule has 0 radical (unpaired) electrons. The quantitative estimate of drug-likeness (QED) is 0.755. The number of carbonyl (C=O) groups excluding carboxylic acids is 1. The van der Waals surface area contributed by atoms with Crippen LogP contribution in [0.25, 0.3) is 11.1 Å². The lowest BCUT2D eigenvalue weighted by atomic mass is 9.96. The molecule has 1 aliphatic heterocycles. The molecule has 2 aromatic rings. The van der Waals surface area contributed by atoms with Crippen LogP contribution in [0.5, 0.6) is 0 Å². The number of halogens is 1. The van der Waals surface area contributed by atoms with Crippen molar-refractivity contribution in [3.8, 4) is 11.1 Å². The fraction of sp³-hybridized carbons (Fsp3) is 0.316. The van der Waals surface area contributed by atoms with Crippen molar-refractivity contribution in [2.45, 2.75) is 25.8 Å². The van der Waals surface area contributed by atoms with Gasteiger partial charge in [-0.15, -0.1) is 0 Å². The third-order valence-electron chi connectivity index (χ3n) is 4.24. The van der Waals surface area contributed by atoms with Crippen molar-refractivity contribution in [3.05, 3.63) is 58.6 Å². The van der Waals surface area contributed by atoms with Crippen molar-refractivity contribution >= 4 is 17.9 Å². The average Bonchev–Trinajstić information content (AvgIpc) is 2.56. The third-order valence-corrected chi connectivity index (χ3v) is 4.53. The molecule has 0 saturated carbocycles. The maximum atomic E-state index is 11.2. The standard InChI is InChI=1S/C19H20ClNO/c20-18-12-15(14-22)11-17(13-21-9-5-2-6-10-21)19(18)16-7-3-1-4-8-16/h1,3-4,7-8,11-12,14H,2,5-6,9-10,13H2. The van der Waals surface area contributed by atoms with Crippen LogP contribution in [0.3, 0.4) is 0 Å². The van der Waals surface area contributed by atoms with E-state index in [1.807, 2.05) is 24.3 Å². The normalized spacial score (nSPS) is 15.7. The van der Waals surface area contributed by atoms with Crippen molar-refractivity contribution in [1.82, 2.24) is 4.90 Å². The number of carbonyl (C=O) groups is 1. The van der Waals surface area contributed by atoms with Gasteiger partial charge >= 0.3 is 0 Å². The summed E-state index contributed by atoms with van der Waals surface area (Å²) >= 11 is 6.49. The Morgan fingerprint density at radius 2 is 1.77 bits per heavy atom. The van der Waals surface area contributed by atoms with Gasteiger partial charge in [0.25, 0.3) is 0 Å². The molecule has 3 rings (SSSR count). The summed E-state index contributed by atoms with van der Waals surface area (Å²) in [5, 5.41) is 0.655. The van der Waals surface area contributed by atoms with Gasteiger partial charge in [-0.1, -0.05) is 48.4 Å². The largest absolute Gasteiger partial charge is 0.299 e. The van der Waals surface area contributed by atoms with Gasteiger partial charge in [0.05, 0.1) is 0 Å². The molecule has 2 aromatic carbocycles. The summed E-state index contributed by atoms with van der Waals surface area (Å²) in [6.07, 6.45) is 4.70. The highest BCUT2D eigenvalue weighted by Gasteiger charge is 2.16. The van der Waals surface area contributed by atoms with Gasteiger partial charge in [0, 0.05) is 22.7 Å². The van der Waals surface area contributed by atoms with Crippen molar-refractivity contribution < 1.29 is 4.79 Å².